The second-order valence-electron chi connectivity index (χ2n) is 7.97. The smallest absolute Gasteiger partial charge is 0.744 e. The molecule has 12 heteroatoms. The first kappa shape index (κ1) is 29.1. The third-order valence-corrected chi connectivity index (χ3v) is 6.45. The van der Waals surface area contributed by atoms with E-state index >= 15 is 0 Å². The van der Waals surface area contributed by atoms with Gasteiger partial charge in [-0.3, -0.25) is 4.79 Å². The molecule has 0 aromatic heterocycles. The fourth-order valence-corrected chi connectivity index (χ4v) is 4.18. The molecule has 0 saturated heterocycles. The number of aryl methyl sites for hydroxylation is 1. The molecule has 0 aliphatic heterocycles. The third kappa shape index (κ3) is 6.14. The quantitative estimate of drug-likeness (QED) is 0.207. The molecule has 0 heterocycles. The molecule has 38 heavy (non-hydrogen) atoms. The number of hydrogen-bond donors (Lipinski definition) is 2. The Balaban J connectivity index is 0.00000400. The summed E-state index contributed by atoms with van der Waals surface area (Å²) in [5.41, 5.74) is 1.17. The van der Waals surface area contributed by atoms with Crippen LogP contribution in [0, 0.1) is 6.92 Å². The predicted octanol–water partition coefficient (Wildman–Crippen LogP) is 2.45. The number of methoxy groups -OCH3 is 2. The number of ether oxygens (including phenoxy) is 2. The molecule has 0 saturated carbocycles. The van der Waals surface area contributed by atoms with Crippen LogP contribution in [-0.2, 0) is 10.1 Å². The Labute approximate surface area is 241 Å². The van der Waals surface area contributed by atoms with E-state index in [9.17, 15) is 22.9 Å². The second-order valence-corrected chi connectivity index (χ2v) is 9.34. The zero-order chi connectivity index (χ0) is 26.7. The number of anilines is 1. The van der Waals surface area contributed by atoms with E-state index in [1.165, 1.54) is 19.2 Å². The number of amides is 1. The van der Waals surface area contributed by atoms with Gasteiger partial charge in [0.25, 0.3) is 5.91 Å². The number of hydrogen-bond acceptors (Lipinski definition) is 9. The molecule has 190 valence electrons. The predicted molar refractivity (Wildman–Crippen MR) is 136 cm³/mol. The fourth-order valence-electron chi connectivity index (χ4n) is 3.69. The van der Waals surface area contributed by atoms with Gasteiger partial charge in [-0.05, 0) is 60.3 Å². The first-order valence-corrected chi connectivity index (χ1v) is 12.3. The van der Waals surface area contributed by atoms with Gasteiger partial charge >= 0.3 is 29.6 Å². The Hall–Kier alpha value is -3.48. The van der Waals surface area contributed by atoms with Crippen LogP contribution in [0.15, 0.2) is 81.9 Å². The number of carbonyl (C=O) groups is 1. The number of fused-ring (bicyclic) bond motifs is 1. The molecule has 0 spiro atoms. The Bertz CT molecular complexity index is 1660. The van der Waals surface area contributed by atoms with Crippen molar-refractivity contribution in [1.82, 2.24) is 0 Å². The molecule has 4 aromatic carbocycles. The van der Waals surface area contributed by atoms with E-state index in [2.05, 4.69) is 15.5 Å². The van der Waals surface area contributed by atoms with Crippen LogP contribution in [-0.4, -0.2) is 38.2 Å². The Morgan fingerprint density at radius 3 is 2.37 bits per heavy atom. The van der Waals surface area contributed by atoms with Crippen LogP contribution >= 0.6 is 0 Å². The number of azo groups is 1. The number of phenolic OH excluding ortho intramolecular Hbond substituents is 1. The van der Waals surface area contributed by atoms with Crippen LogP contribution in [0.5, 0.6) is 17.2 Å². The summed E-state index contributed by atoms with van der Waals surface area (Å²) < 4.78 is 44.8. The van der Waals surface area contributed by atoms with Gasteiger partial charge in [-0.15, -0.1) is 10.2 Å². The molecule has 0 radical (unpaired) electrons. The Morgan fingerprint density at radius 2 is 1.71 bits per heavy atom. The van der Waals surface area contributed by atoms with Crippen molar-refractivity contribution in [3.05, 3.63) is 77.9 Å². The summed E-state index contributed by atoms with van der Waals surface area (Å²) in [5, 5.41) is 23.1. The number of aromatic hydroxyl groups is 1. The van der Waals surface area contributed by atoms with Crippen molar-refractivity contribution >= 4 is 43.9 Å². The standard InChI is InChI=1S/C26H23N3O7S.Na/c1-15-12-17(35-2)8-10-21(15)27-26(31)20-13-16-6-4-5-7-19(16)24(25(20)30)29-28-22-14-18(37(32,33)34)9-11-23(22)36-3;/h4-14,30H,1-3H3,(H,27,31)(H,32,33,34);/q;+1/p-1. The molecule has 0 bridgehead atoms. The van der Waals surface area contributed by atoms with E-state index < -0.39 is 26.7 Å². The largest absolute Gasteiger partial charge is 1.00 e. The molecule has 0 atom stereocenters. The monoisotopic (exact) mass is 543 g/mol. The van der Waals surface area contributed by atoms with Crippen LogP contribution in [0.3, 0.4) is 0 Å². The van der Waals surface area contributed by atoms with Gasteiger partial charge in [-0.2, -0.15) is 0 Å². The van der Waals surface area contributed by atoms with Crippen LogP contribution in [0.4, 0.5) is 17.1 Å². The minimum atomic E-state index is -4.75. The zero-order valence-electron chi connectivity index (χ0n) is 21.1. The summed E-state index contributed by atoms with van der Waals surface area (Å²) >= 11 is 0. The maximum absolute atomic E-state index is 13.2. The number of benzene rings is 4. The fraction of sp³-hybridized carbons (Fsp3) is 0.115. The van der Waals surface area contributed by atoms with Crippen molar-refractivity contribution in [3.63, 3.8) is 0 Å². The molecule has 1 amide bonds. The molecular formula is C26H22N3NaO7S. The molecular weight excluding hydrogens is 521 g/mol. The molecule has 2 N–H and O–H groups in total. The maximum Gasteiger partial charge on any atom is 1.00 e. The van der Waals surface area contributed by atoms with Crippen LogP contribution in [0.2, 0.25) is 0 Å². The molecule has 0 aliphatic rings. The van der Waals surface area contributed by atoms with E-state index in [4.69, 9.17) is 9.47 Å². The summed E-state index contributed by atoms with van der Waals surface area (Å²) in [7, 11) is -1.86. The van der Waals surface area contributed by atoms with Crippen molar-refractivity contribution in [2.24, 2.45) is 10.2 Å². The molecule has 0 aliphatic carbocycles. The van der Waals surface area contributed by atoms with Crippen molar-refractivity contribution in [3.8, 4) is 17.2 Å². The van der Waals surface area contributed by atoms with Gasteiger partial charge in [0.15, 0.2) is 5.75 Å². The van der Waals surface area contributed by atoms with Crippen LogP contribution in [0.1, 0.15) is 15.9 Å². The SMILES string of the molecule is COc1ccc(NC(=O)c2cc3ccccc3c(N=Nc3cc(S(=O)(=O)[O-])ccc3OC)c2O)c(C)c1.[Na+]. The first-order chi connectivity index (χ1) is 17.6. The van der Waals surface area contributed by atoms with E-state index in [0.29, 0.717) is 22.2 Å². The Morgan fingerprint density at radius 1 is 0.974 bits per heavy atom. The van der Waals surface area contributed by atoms with E-state index in [1.807, 2.05) is 6.92 Å². The zero-order valence-corrected chi connectivity index (χ0v) is 23.9. The van der Waals surface area contributed by atoms with Gasteiger partial charge in [0.2, 0.25) is 0 Å². The normalized spacial score (nSPS) is 11.3. The van der Waals surface area contributed by atoms with Crippen molar-refractivity contribution in [2.75, 3.05) is 19.5 Å². The molecule has 10 nitrogen and oxygen atoms in total. The van der Waals surface area contributed by atoms with Crippen molar-refractivity contribution < 1.29 is 61.9 Å². The molecule has 0 unspecified atom stereocenters. The summed E-state index contributed by atoms with van der Waals surface area (Å²) in [5.74, 6) is -0.220. The summed E-state index contributed by atoms with van der Waals surface area (Å²) in [6.07, 6.45) is 0. The second kappa shape index (κ2) is 11.9. The molecule has 4 aromatic rings. The number of carbonyl (C=O) groups excluding carboxylic acids is 1. The number of nitrogens with one attached hydrogen (secondary N) is 1. The van der Waals surface area contributed by atoms with Gasteiger partial charge in [0.05, 0.1) is 24.7 Å². The summed E-state index contributed by atoms with van der Waals surface area (Å²) in [6.45, 7) is 1.81. The van der Waals surface area contributed by atoms with E-state index in [0.717, 1.165) is 17.7 Å². The van der Waals surface area contributed by atoms with Gasteiger partial charge in [0, 0.05) is 11.1 Å². The molecule has 4 rings (SSSR count). The van der Waals surface area contributed by atoms with E-state index in [1.54, 1.807) is 49.6 Å². The van der Waals surface area contributed by atoms with Crippen molar-refractivity contribution in [2.45, 2.75) is 11.8 Å². The average molecular weight is 544 g/mol. The Kier molecular flexibility index (Phi) is 9.13. The van der Waals surface area contributed by atoms with Gasteiger partial charge < -0.3 is 24.4 Å². The minimum Gasteiger partial charge on any atom is -0.744 e. The summed E-state index contributed by atoms with van der Waals surface area (Å²) in [6, 6.07) is 17.0. The van der Waals surface area contributed by atoms with Gasteiger partial charge in [-0.25, -0.2) is 8.42 Å². The maximum atomic E-state index is 13.2. The third-order valence-electron chi connectivity index (χ3n) is 5.62. The van der Waals surface area contributed by atoms with Gasteiger partial charge in [-0.1, -0.05) is 24.3 Å². The first-order valence-electron chi connectivity index (χ1n) is 10.9. The summed E-state index contributed by atoms with van der Waals surface area (Å²) in [4.78, 5) is 12.7. The van der Waals surface area contributed by atoms with Crippen molar-refractivity contribution in [1.29, 1.82) is 0 Å². The van der Waals surface area contributed by atoms with Crippen LogP contribution < -0.4 is 44.3 Å². The average Bonchev–Trinajstić information content (AvgIpc) is 2.88. The van der Waals surface area contributed by atoms with E-state index in [-0.39, 0.29) is 52.2 Å². The van der Waals surface area contributed by atoms with Gasteiger partial charge in [0.1, 0.15) is 33.0 Å². The number of rotatable bonds is 7. The molecule has 0 fully saturated rings. The number of nitrogens with zero attached hydrogens (tertiary/aromatic N) is 2. The topological polar surface area (TPSA) is 150 Å². The van der Waals surface area contributed by atoms with Crippen LogP contribution in [0.25, 0.3) is 10.8 Å². The minimum absolute atomic E-state index is 0. The number of phenols is 1.